The molecular weight excluding hydrogens is 202 g/mol. The Kier molecular flexibility index (Phi) is 3.05. The highest BCUT2D eigenvalue weighted by atomic mass is 15.2. The van der Waals surface area contributed by atoms with E-state index in [1.54, 1.807) is 0 Å². The van der Waals surface area contributed by atoms with Crippen LogP contribution in [0.2, 0.25) is 0 Å². The Morgan fingerprint density at radius 2 is 1.88 bits per heavy atom. The minimum atomic E-state index is 0.300. The molecule has 0 amide bonds. The molecule has 0 aliphatic carbocycles. The molecule has 2 heterocycles. The molecule has 1 N–H and O–H groups in total. The molecule has 86 valence electrons. The first-order chi connectivity index (χ1) is 7.65. The van der Waals surface area contributed by atoms with Crippen molar-refractivity contribution in [2.24, 2.45) is 14.1 Å². The zero-order valence-corrected chi connectivity index (χ0v) is 9.88. The molecule has 16 heavy (non-hydrogen) atoms. The molecule has 2 rings (SSSR count). The van der Waals surface area contributed by atoms with E-state index in [2.05, 4.69) is 22.4 Å². The van der Waals surface area contributed by atoms with Crippen molar-refractivity contribution in [2.45, 2.75) is 19.5 Å². The third-order valence-electron chi connectivity index (χ3n) is 2.60. The van der Waals surface area contributed by atoms with E-state index in [9.17, 15) is 0 Å². The molecule has 0 bridgehead atoms. The Morgan fingerprint density at radius 1 is 1.19 bits per heavy atom. The van der Waals surface area contributed by atoms with Gasteiger partial charge in [0.15, 0.2) is 0 Å². The van der Waals surface area contributed by atoms with Crippen LogP contribution < -0.4 is 5.32 Å². The molecule has 1 atom stereocenters. The summed E-state index contributed by atoms with van der Waals surface area (Å²) in [4.78, 5) is 0. The number of rotatable bonds is 4. The quantitative estimate of drug-likeness (QED) is 0.834. The Labute approximate surface area is 95.1 Å². The first-order valence-electron chi connectivity index (χ1n) is 5.34. The summed E-state index contributed by atoms with van der Waals surface area (Å²) in [6.07, 6.45) is 7.81. The van der Waals surface area contributed by atoms with Gasteiger partial charge in [-0.3, -0.25) is 9.36 Å². The van der Waals surface area contributed by atoms with Gasteiger partial charge in [0.25, 0.3) is 0 Å². The van der Waals surface area contributed by atoms with Gasteiger partial charge in [0.1, 0.15) is 0 Å². The number of aromatic nitrogens is 4. The fourth-order valence-corrected chi connectivity index (χ4v) is 1.62. The zero-order valence-electron chi connectivity index (χ0n) is 9.88. The fourth-order valence-electron chi connectivity index (χ4n) is 1.62. The van der Waals surface area contributed by atoms with E-state index in [0.29, 0.717) is 6.04 Å². The molecule has 5 heteroatoms. The number of hydrogen-bond acceptors (Lipinski definition) is 3. The lowest BCUT2D eigenvalue weighted by atomic mass is 10.2. The maximum atomic E-state index is 4.16. The summed E-state index contributed by atoms with van der Waals surface area (Å²) in [5, 5.41) is 11.7. The van der Waals surface area contributed by atoms with Gasteiger partial charge >= 0.3 is 0 Å². The maximum Gasteiger partial charge on any atom is 0.0537 e. The summed E-state index contributed by atoms with van der Waals surface area (Å²) < 4.78 is 3.63. The van der Waals surface area contributed by atoms with Gasteiger partial charge in [-0.2, -0.15) is 10.2 Å². The number of nitrogens with one attached hydrogen (secondary N) is 1. The van der Waals surface area contributed by atoms with E-state index >= 15 is 0 Å². The molecule has 0 aliphatic rings. The second-order valence-corrected chi connectivity index (χ2v) is 4.07. The van der Waals surface area contributed by atoms with Crippen LogP contribution in [0.5, 0.6) is 0 Å². The smallest absolute Gasteiger partial charge is 0.0537 e. The van der Waals surface area contributed by atoms with Crippen LogP contribution in [-0.4, -0.2) is 19.6 Å². The van der Waals surface area contributed by atoms with Crippen molar-refractivity contribution >= 4 is 0 Å². The van der Waals surface area contributed by atoms with Gasteiger partial charge in [0, 0.05) is 50.2 Å². The molecule has 0 spiro atoms. The second-order valence-electron chi connectivity index (χ2n) is 4.07. The first-order valence-corrected chi connectivity index (χ1v) is 5.34. The van der Waals surface area contributed by atoms with E-state index in [-0.39, 0.29) is 0 Å². The average Bonchev–Trinajstić information content (AvgIpc) is 2.84. The van der Waals surface area contributed by atoms with Crippen molar-refractivity contribution in [3.8, 4) is 0 Å². The zero-order chi connectivity index (χ0) is 11.5. The average molecular weight is 219 g/mol. The van der Waals surface area contributed by atoms with Crippen LogP contribution in [0.15, 0.2) is 24.8 Å². The van der Waals surface area contributed by atoms with Crippen LogP contribution in [0.1, 0.15) is 24.1 Å². The highest BCUT2D eigenvalue weighted by Crippen LogP contribution is 2.11. The molecule has 0 aromatic carbocycles. The minimum Gasteiger partial charge on any atom is -0.306 e. The lowest BCUT2D eigenvalue weighted by Crippen LogP contribution is -2.17. The molecular formula is C11H17N5. The Hall–Kier alpha value is -1.62. The summed E-state index contributed by atoms with van der Waals surface area (Å²) >= 11 is 0. The number of aryl methyl sites for hydroxylation is 2. The number of hydrogen-bond donors (Lipinski definition) is 1. The SMILES string of the molecule is CC(NCc1cnn(C)c1)c1cnn(C)c1. The Balaban J connectivity index is 1.91. The lowest BCUT2D eigenvalue weighted by molar-refractivity contribution is 0.574. The molecule has 0 saturated carbocycles. The lowest BCUT2D eigenvalue weighted by Gasteiger charge is -2.10. The van der Waals surface area contributed by atoms with Crippen molar-refractivity contribution in [1.82, 2.24) is 24.9 Å². The van der Waals surface area contributed by atoms with Crippen LogP contribution >= 0.6 is 0 Å². The molecule has 2 aromatic rings. The molecule has 0 aliphatic heterocycles. The van der Waals surface area contributed by atoms with Crippen molar-refractivity contribution in [3.63, 3.8) is 0 Å². The summed E-state index contributed by atoms with van der Waals surface area (Å²) in [7, 11) is 3.85. The van der Waals surface area contributed by atoms with Crippen molar-refractivity contribution in [2.75, 3.05) is 0 Å². The van der Waals surface area contributed by atoms with E-state index in [1.807, 2.05) is 48.2 Å². The van der Waals surface area contributed by atoms with Crippen LogP contribution in [-0.2, 0) is 20.6 Å². The van der Waals surface area contributed by atoms with Crippen molar-refractivity contribution in [1.29, 1.82) is 0 Å². The normalized spacial score (nSPS) is 12.9. The molecule has 5 nitrogen and oxygen atoms in total. The molecule has 2 aromatic heterocycles. The molecule has 1 unspecified atom stereocenters. The maximum absolute atomic E-state index is 4.16. The van der Waals surface area contributed by atoms with Crippen LogP contribution in [0.3, 0.4) is 0 Å². The fraction of sp³-hybridized carbons (Fsp3) is 0.455. The van der Waals surface area contributed by atoms with Gasteiger partial charge in [0.2, 0.25) is 0 Å². The second kappa shape index (κ2) is 4.49. The van der Waals surface area contributed by atoms with Crippen LogP contribution in [0.4, 0.5) is 0 Å². The summed E-state index contributed by atoms with van der Waals surface area (Å²) in [5.41, 5.74) is 2.39. The van der Waals surface area contributed by atoms with Crippen molar-refractivity contribution in [3.05, 3.63) is 35.9 Å². The minimum absolute atomic E-state index is 0.300. The number of nitrogens with zero attached hydrogens (tertiary/aromatic N) is 4. The van der Waals surface area contributed by atoms with Gasteiger partial charge in [0.05, 0.1) is 12.4 Å². The summed E-state index contributed by atoms with van der Waals surface area (Å²) in [5.74, 6) is 0. The summed E-state index contributed by atoms with van der Waals surface area (Å²) in [6, 6.07) is 0.300. The monoisotopic (exact) mass is 219 g/mol. The molecule has 0 radical (unpaired) electrons. The van der Waals surface area contributed by atoms with Gasteiger partial charge in [-0.15, -0.1) is 0 Å². The highest BCUT2D eigenvalue weighted by Gasteiger charge is 2.07. The van der Waals surface area contributed by atoms with Crippen LogP contribution in [0.25, 0.3) is 0 Å². The van der Waals surface area contributed by atoms with Crippen LogP contribution in [0, 0.1) is 0 Å². The van der Waals surface area contributed by atoms with Crippen molar-refractivity contribution < 1.29 is 0 Å². The predicted molar refractivity (Wildman–Crippen MR) is 61.7 cm³/mol. The standard InChI is InChI=1S/C11H17N5/c1-9(11-6-14-16(3)8-11)12-4-10-5-13-15(2)7-10/h5-9,12H,4H2,1-3H3. The third kappa shape index (κ3) is 2.49. The van der Waals surface area contributed by atoms with Gasteiger partial charge < -0.3 is 5.32 Å². The Morgan fingerprint density at radius 3 is 2.44 bits per heavy atom. The van der Waals surface area contributed by atoms with E-state index in [1.165, 1.54) is 11.1 Å². The molecule has 0 saturated heterocycles. The topological polar surface area (TPSA) is 47.7 Å². The van der Waals surface area contributed by atoms with E-state index in [0.717, 1.165) is 6.54 Å². The Bertz CT molecular complexity index is 456. The van der Waals surface area contributed by atoms with E-state index in [4.69, 9.17) is 0 Å². The van der Waals surface area contributed by atoms with E-state index < -0.39 is 0 Å². The third-order valence-corrected chi connectivity index (χ3v) is 2.60. The predicted octanol–water partition coefficient (Wildman–Crippen LogP) is 1.00. The highest BCUT2D eigenvalue weighted by molar-refractivity contribution is 5.10. The molecule has 0 fully saturated rings. The summed E-state index contributed by atoms with van der Waals surface area (Å²) in [6.45, 7) is 2.96. The first kappa shape index (κ1) is 10.9. The van der Waals surface area contributed by atoms with Gasteiger partial charge in [-0.05, 0) is 6.92 Å². The van der Waals surface area contributed by atoms with Gasteiger partial charge in [-0.25, -0.2) is 0 Å². The van der Waals surface area contributed by atoms with Gasteiger partial charge in [-0.1, -0.05) is 0 Å². The largest absolute Gasteiger partial charge is 0.306 e.